The highest BCUT2D eigenvalue weighted by Gasteiger charge is 2.34. The first-order chi connectivity index (χ1) is 18.4. The molecule has 38 heavy (non-hydrogen) atoms. The normalized spacial score (nSPS) is 12.2. The quantitative estimate of drug-likeness (QED) is 0.132. The van der Waals surface area contributed by atoms with Crippen LogP contribution in [0.5, 0.6) is 17.2 Å². The van der Waals surface area contributed by atoms with Gasteiger partial charge in [0.2, 0.25) is 0 Å². The average molecular weight is 514 g/mol. The van der Waals surface area contributed by atoms with E-state index in [0.29, 0.717) is 36.5 Å². The van der Waals surface area contributed by atoms with Gasteiger partial charge < -0.3 is 14.2 Å². The van der Waals surface area contributed by atoms with E-state index >= 15 is 0 Å². The fourth-order valence-corrected chi connectivity index (χ4v) is 3.93. The van der Waals surface area contributed by atoms with Crippen molar-refractivity contribution in [3.63, 3.8) is 0 Å². The summed E-state index contributed by atoms with van der Waals surface area (Å²) in [6.45, 7) is 6.37. The van der Waals surface area contributed by atoms with Crippen molar-refractivity contribution in [2.24, 2.45) is 5.41 Å². The zero-order valence-corrected chi connectivity index (χ0v) is 22.4. The summed E-state index contributed by atoms with van der Waals surface area (Å²) >= 11 is 0. The van der Waals surface area contributed by atoms with Crippen molar-refractivity contribution in [2.75, 3.05) is 6.61 Å². The van der Waals surface area contributed by atoms with Gasteiger partial charge in [0.15, 0.2) is 5.41 Å². The zero-order valence-electron chi connectivity index (χ0n) is 22.4. The van der Waals surface area contributed by atoms with Gasteiger partial charge in [-0.15, -0.1) is 0 Å². The standard InChI is InChI=1S/C32H35NO5/c1-4-6-7-8-22-36-27-15-13-26(14-16-27)30(34)37-28-17-9-24(10-18-28)25-11-19-29(20-12-25)38-31(35)32(3,23-33)21-5-2/h9-20H,4-8,21-22H2,1-3H3. The first-order valence-electron chi connectivity index (χ1n) is 13.2. The highest BCUT2D eigenvalue weighted by atomic mass is 16.5. The molecule has 0 aromatic heterocycles. The van der Waals surface area contributed by atoms with Crippen molar-refractivity contribution in [1.29, 1.82) is 5.26 Å². The molecule has 0 radical (unpaired) electrons. The maximum atomic E-state index is 12.5. The molecule has 0 saturated heterocycles. The van der Waals surface area contributed by atoms with E-state index in [0.717, 1.165) is 29.7 Å². The molecule has 0 aliphatic rings. The lowest BCUT2D eigenvalue weighted by molar-refractivity contribution is -0.142. The number of rotatable bonds is 13. The van der Waals surface area contributed by atoms with E-state index in [9.17, 15) is 14.9 Å². The second-order valence-electron chi connectivity index (χ2n) is 9.46. The minimum Gasteiger partial charge on any atom is -0.494 e. The molecular formula is C32H35NO5. The third kappa shape index (κ3) is 7.94. The lowest BCUT2D eigenvalue weighted by atomic mass is 9.87. The summed E-state index contributed by atoms with van der Waals surface area (Å²) in [5.41, 5.74) is 1.11. The Kier molecular flexibility index (Phi) is 10.5. The van der Waals surface area contributed by atoms with E-state index in [2.05, 4.69) is 13.0 Å². The van der Waals surface area contributed by atoms with Crippen LogP contribution in [0.2, 0.25) is 0 Å². The molecule has 0 aliphatic carbocycles. The molecular weight excluding hydrogens is 478 g/mol. The van der Waals surface area contributed by atoms with Crippen LogP contribution in [0.15, 0.2) is 72.8 Å². The topological polar surface area (TPSA) is 85.6 Å². The number of carbonyl (C=O) groups is 2. The van der Waals surface area contributed by atoms with Gasteiger partial charge in [0.05, 0.1) is 18.2 Å². The Morgan fingerprint density at radius 2 is 1.29 bits per heavy atom. The maximum absolute atomic E-state index is 12.5. The number of nitriles is 1. The van der Waals surface area contributed by atoms with Crippen molar-refractivity contribution in [3.8, 4) is 34.4 Å². The minimum absolute atomic E-state index is 0.384. The Hall–Kier alpha value is -4.11. The van der Waals surface area contributed by atoms with Crippen LogP contribution in [0, 0.1) is 16.7 Å². The smallest absolute Gasteiger partial charge is 0.343 e. The van der Waals surface area contributed by atoms with Crippen LogP contribution in [-0.2, 0) is 4.79 Å². The largest absolute Gasteiger partial charge is 0.494 e. The Labute approximate surface area is 225 Å². The summed E-state index contributed by atoms with van der Waals surface area (Å²) in [6, 6.07) is 23.3. The van der Waals surface area contributed by atoms with E-state index in [1.807, 2.05) is 31.2 Å². The molecule has 3 aromatic rings. The fraction of sp³-hybridized carbons (Fsp3) is 0.344. The maximum Gasteiger partial charge on any atom is 0.343 e. The van der Waals surface area contributed by atoms with Crippen LogP contribution >= 0.6 is 0 Å². The Morgan fingerprint density at radius 3 is 1.82 bits per heavy atom. The number of carbonyl (C=O) groups excluding carboxylic acids is 2. The molecule has 0 N–H and O–H groups in total. The summed E-state index contributed by atoms with van der Waals surface area (Å²) < 4.78 is 16.7. The molecule has 1 unspecified atom stereocenters. The number of hydrogen-bond acceptors (Lipinski definition) is 6. The number of hydrogen-bond donors (Lipinski definition) is 0. The number of benzene rings is 3. The van der Waals surface area contributed by atoms with Crippen molar-refractivity contribution >= 4 is 11.9 Å². The monoisotopic (exact) mass is 513 g/mol. The molecule has 198 valence electrons. The number of ether oxygens (including phenoxy) is 3. The Bertz CT molecular complexity index is 1230. The Balaban J connectivity index is 1.54. The van der Waals surface area contributed by atoms with Gasteiger partial charge in [0.1, 0.15) is 17.2 Å². The molecule has 1 atom stereocenters. The van der Waals surface area contributed by atoms with Crippen LogP contribution < -0.4 is 14.2 Å². The van der Waals surface area contributed by atoms with Gasteiger partial charge in [0, 0.05) is 0 Å². The van der Waals surface area contributed by atoms with Gasteiger partial charge >= 0.3 is 11.9 Å². The minimum atomic E-state index is -1.16. The van der Waals surface area contributed by atoms with E-state index in [4.69, 9.17) is 14.2 Å². The average Bonchev–Trinajstić information content (AvgIpc) is 2.94. The van der Waals surface area contributed by atoms with Gasteiger partial charge in [-0.2, -0.15) is 5.26 Å². The van der Waals surface area contributed by atoms with Gasteiger partial charge in [0.25, 0.3) is 0 Å². The summed E-state index contributed by atoms with van der Waals surface area (Å²) in [7, 11) is 0. The van der Waals surface area contributed by atoms with Crippen molar-refractivity contribution in [3.05, 3.63) is 78.4 Å². The van der Waals surface area contributed by atoms with Gasteiger partial charge in [-0.05, 0) is 79.4 Å². The number of unbranched alkanes of at least 4 members (excludes halogenated alkanes) is 3. The van der Waals surface area contributed by atoms with Crippen molar-refractivity contribution < 1.29 is 23.8 Å². The summed E-state index contributed by atoms with van der Waals surface area (Å²) in [5, 5.41) is 9.37. The lowest BCUT2D eigenvalue weighted by Gasteiger charge is -2.18. The number of nitrogens with zero attached hydrogens (tertiary/aromatic N) is 1. The summed E-state index contributed by atoms with van der Waals surface area (Å²) in [6.07, 6.45) is 5.73. The third-order valence-electron chi connectivity index (χ3n) is 6.27. The molecule has 0 heterocycles. The first kappa shape index (κ1) is 28.5. The summed E-state index contributed by atoms with van der Waals surface area (Å²) in [5.74, 6) is 0.571. The van der Waals surface area contributed by atoms with Gasteiger partial charge in [-0.1, -0.05) is 63.8 Å². The Morgan fingerprint density at radius 1 is 0.737 bits per heavy atom. The SMILES string of the molecule is CCCCCCOc1ccc(C(=O)Oc2ccc(-c3ccc(OC(=O)C(C)(C#N)CCC)cc3)cc2)cc1. The molecule has 0 fully saturated rings. The van der Waals surface area contributed by atoms with E-state index in [-0.39, 0.29) is 0 Å². The fourth-order valence-electron chi connectivity index (χ4n) is 3.93. The third-order valence-corrected chi connectivity index (χ3v) is 6.27. The van der Waals surface area contributed by atoms with E-state index in [1.54, 1.807) is 55.5 Å². The molecule has 3 aromatic carbocycles. The molecule has 0 aliphatic heterocycles. The van der Waals surface area contributed by atoms with E-state index < -0.39 is 17.4 Å². The predicted molar refractivity (Wildman–Crippen MR) is 147 cm³/mol. The second kappa shape index (κ2) is 14.0. The van der Waals surface area contributed by atoms with Crippen molar-refractivity contribution in [2.45, 2.75) is 59.3 Å². The highest BCUT2D eigenvalue weighted by molar-refractivity contribution is 5.91. The van der Waals surface area contributed by atoms with Crippen LogP contribution in [-0.4, -0.2) is 18.5 Å². The lowest BCUT2D eigenvalue weighted by Crippen LogP contribution is -2.30. The second-order valence-corrected chi connectivity index (χ2v) is 9.46. The number of esters is 2. The summed E-state index contributed by atoms with van der Waals surface area (Å²) in [4.78, 5) is 25.0. The van der Waals surface area contributed by atoms with Crippen molar-refractivity contribution in [1.82, 2.24) is 0 Å². The first-order valence-corrected chi connectivity index (χ1v) is 13.2. The molecule has 3 rings (SSSR count). The molecule has 6 heteroatoms. The predicted octanol–water partition coefficient (Wildman–Crippen LogP) is 7.77. The van der Waals surface area contributed by atoms with Gasteiger partial charge in [-0.25, -0.2) is 9.59 Å². The zero-order chi connectivity index (χ0) is 27.4. The van der Waals surface area contributed by atoms with Crippen LogP contribution in [0.25, 0.3) is 11.1 Å². The van der Waals surface area contributed by atoms with Crippen LogP contribution in [0.3, 0.4) is 0 Å². The highest BCUT2D eigenvalue weighted by Crippen LogP contribution is 2.28. The molecule has 0 saturated carbocycles. The van der Waals surface area contributed by atoms with Gasteiger partial charge in [-0.3, -0.25) is 0 Å². The van der Waals surface area contributed by atoms with Crippen LogP contribution in [0.4, 0.5) is 0 Å². The molecule has 0 bridgehead atoms. The molecule has 6 nitrogen and oxygen atoms in total. The van der Waals surface area contributed by atoms with Crippen LogP contribution in [0.1, 0.15) is 69.7 Å². The molecule has 0 spiro atoms. The molecule has 0 amide bonds. The van der Waals surface area contributed by atoms with E-state index in [1.165, 1.54) is 12.8 Å².